The summed E-state index contributed by atoms with van der Waals surface area (Å²) >= 11 is 0. The molecule has 322 valence electrons. The molecule has 20 heteroatoms. The Hall–Kier alpha value is -5.76. The lowest BCUT2D eigenvalue weighted by Gasteiger charge is -2.45. The number of hydrogen-bond donors (Lipinski definition) is 2. The van der Waals surface area contributed by atoms with Gasteiger partial charge in [0.05, 0.1) is 31.1 Å². The molecule has 9 rings (SSSR count). The Balaban J connectivity index is 0.773. The van der Waals surface area contributed by atoms with Gasteiger partial charge in [-0.25, -0.2) is 13.8 Å². The van der Waals surface area contributed by atoms with E-state index >= 15 is 8.78 Å². The number of alkyl halides is 3. The van der Waals surface area contributed by atoms with Gasteiger partial charge in [0.15, 0.2) is 5.65 Å². The maximum atomic E-state index is 15.1. The van der Waals surface area contributed by atoms with E-state index in [2.05, 4.69) is 25.5 Å². The number of piperazine rings is 1. The molecule has 4 saturated heterocycles. The largest absolute Gasteiger partial charge is 0.468 e. The number of pyridine rings is 2. The van der Waals surface area contributed by atoms with Crippen molar-refractivity contribution in [3.63, 3.8) is 0 Å². The van der Waals surface area contributed by atoms with Gasteiger partial charge in [-0.2, -0.15) is 23.3 Å². The number of aromatic nitrogens is 4. The maximum Gasteiger partial charge on any atom is 0.433 e. The first kappa shape index (κ1) is 40.6. The fourth-order valence-corrected chi connectivity index (χ4v) is 8.82. The number of carbonyl (C=O) groups excluding carboxylic acids is 4. The molecular weight excluding hydrogens is 809 g/mol. The molecule has 0 radical (unpaired) electrons. The Labute approximate surface area is 345 Å². The van der Waals surface area contributed by atoms with Crippen LogP contribution < -0.4 is 20.3 Å². The fourth-order valence-electron chi connectivity index (χ4n) is 8.82. The number of piperidine rings is 1. The molecule has 5 fully saturated rings. The Morgan fingerprint density at radius 1 is 0.902 bits per heavy atom. The highest BCUT2D eigenvalue weighted by Crippen LogP contribution is 2.37. The Bertz CT molecular complexity index is 2350. The van der Waals surface area contributed by atoms with E-state index in [0.29, 0.717) is 62.2 Å². The van der Waals surface area contributed by atoms with Crippen molar-refractivity contribution < 1.29 is 50.6 Å². The van der Waals surface area contributed by atoms with Gasteiger partial charge in [-0.15, -0.1) is 0 Å². The summed E-state index contributed by atoms with van der Waals surface area (Å²) in [5.74, 6) is -5.01. The molecule has 5 aliphatic rings. The lowest BCUT2D eigenvalue weighted by Crippen LogP contribution is -2.59. The van der Waals surface area contributed by atoms with Crippen LogP contribution >= 0.6 is 0 Å². The van der Waals surface area contributed by atoms with Crippen molar-refractivity contribution in [1.29, 1.82) is 0 Å². The molecular formula is C41H42F5N9O6. The summed E-state index contributed by atoms with van der Waals surface area (Å²) < 4.78 is 83.1. The van der Waals surface area contributed by atoms with Crippen molar-refractivity contribution in [3.05, 3.63) is 71.2 Å². The third kappa shape index (κ3) is 8.34. The molecule has 4 aliphatic heterocycles. The van der Waals surface area contributed by atoms with Crippen LogP contribution in [0.5, 0.6) is 5.88 Å². The number of carbonyl (C=O) groups is 4. The van der Waals surface area contributed by atoms with E-state index < -0.39 is 52.8 Å². The molecule has 0 spiro atoms. The molecule has 4 aromatic rings. The van der Waals surface area contributed by atoms with Crippen molar-refractivity contribution in [2.45, 2.75) is 68.8 Å². The van der Waals surface area contributed by atoms with Crippen LogP contribution in [-0.2, 0) is 25.3 Å². The van der Waals surface area contributed by atoms with Crippen LogP contribution in [0.15, 0.2) is 42.6 Å². The molecule has 1 atom stereocenters. The smallest absolute Gasteiger partial charge is 0.433 e. The van der Waals surface area contributed by atoms with E-state index in [0.717, 1.165) is 50.9 Å². The van der Waals surface area contributed by atoms with Crippen molar-refractivity contribution in [3.8, 4) is 5.88 Å². The predicted molar refractivity (Wildman–Crippen MR) is 207 cm³/mol. The Morgan fingerprint density at radius 3 is 2.26 bits per heavy atom. The van der Waals surface area contributed by atoms with E-state index in [9.17, 15) is 32.3 Å². The molecule has 2 N–H and O–H groups in total. The number of fused-ring (bicyclic) bond motifs is 1. The lowest BCUT2D eigenvalue weighted by atomic mass is 9.89. The van der Waals surface area contributed by atoms with Gasteiger partial charge in [0.1, 0.15) is 34.8 Å². The lowest BCUT2D eigenvalue weighted by molar-refractivity contribution is -0.141. The molecule has 15 nitrogen and oxygen atoms in total. The van der Waals surface area contributed by atoms with Crippen LogP contribution in [0.4, 0.5) is 33.3 Å². The zero-order valence-corrected chi connectivity index (χ0v) is 32.8. The zero-order chi connectivity index (χ0) is 42.6. The molecule has 3 aromatic heterocycles. The van der Waals surface area contributed by atoms with Gasteiger partial charge in [-0.1, -0.05) is 6.07 Å². The number of anilines is 2. The molecule has 61 heavy (non-hydrogen) atoms. The van der Waals surface area contributed by atoms with Gasteiger partial charge < -0.3 is 24.6 Å². The average molecular weight is 852 g/mol. The molecule has 1 aromatic carbocycles. The number of rotatable bonds is 9. The number of imide groups is 1. The molecule has 0 bridgehead atoms. The number of benzene rings is 1. The van der Waals surface area contributed by atoms with Gasteiger partial charge in [0.2, 0.25) is 23.6 Å². The topological polar surface area (TPSA) is 164 Å². The number of halogens is 5. The SMILES string of the molecule is O=C1CC[C@H](c2c(F)cc(N3CC(C(=O)N4CCN(C5CCC(n6cc7cc(NC(=O)c8cccc(C(F)(F)F)n8)c(OC8COC8)nc7n6)CC5)CC4)C3)cc2F)C(=O)N1. The van der Waals surface area contributed by atoms with E-state index in [-0.39, 0.29) is 53.9 Å². The maximum absolute atomic E-state index is 15.1. The van der Waals surface area contributed by atoms with Crippen molar-refractivity contribution >= 4 is 46.0 Å². The van der Waals surface area contributed by atoms with Crippen LogP contribution in [0, 0.1) is 17.6 Å². The third-order valence-corrected chi connectivity index (χ3v) is 12.3. The summed E-state index contributed by atoms with van der Waals surface area (Å²) in [6.45, 7) is 3.92. The molecule has 7 heterocycles. The first-order chi connectivity index (χ1) is 29.3. The minimum atomic E-state index is -4.71. The summed E-state index contributed by atoms with van der Waals surface area (Å²) in [5, 5.41) is 10.1. The minimum Gasteiger partial charge on any atom is -0.468 e. The van der Waals surface area contributed by atoms with Gasteiger partial charge in [-0.05, 0) is 62.4 Å². The minimum absolute atomic E-state index is 0.00800. The second-order valence-electron chi connectivity index (χ2n) is 16.3. The van der Waals surface area contributed by atoms with Gasteiger partial charge in [0, 0.05) is 74.6 Å². The number of amides is 4. The molecule has 4 amide bonds. The van der Waals surface area contributed by atoms with Crippen LogP contribution in [0.3, 0.4) is 0 Å². The number of hydrogen-bond acceptors (Lipinski definition) is 11. The van der Waals surface area contributed by atoms with E-state index in [1.807, 2.05) is 15.8 Å². The van der Waals surface area contributed by atoms with Gasteiger partial charge in [0.25, 0.3) is 5.91 Å². The standard InChI is InChI=1S/C41H42F5N9O6/c42-29-15-26(16-30(43)35(29)28-8-9-34(56)49-37(28)57)54-17-23(18-54)40(59)53-12-10-52(11-13-53)24-4-6-25(7-5-24)55-19-22-14-32(39(50-36(22)51-55)61-27-20-60-21-27)48-38(58)31-2-1-3-33(47-31)41(44,45)46/h1-3,14-16,19,23-25,27-28H,4-13,17-18,20-21H2,(H,48,58)(H,49,56,57)/t24?,25?,28-/m1/s1. The molecule has 1 saturated carbocycles. The van der Waals surface area contributed by atoms with E-state index in [1.165, 1.54) is 18.2 Å². The fraction of sp³-hybridized carbons (Fsp3) is 0.488. The van der Waals surface area contributed by atoms with Crippen LogP contribution in [0.1, 0.15) is 72.2 Å². The van der Waals surface area contributed by atoms with E-state index in [4.69, 9.17) is 14.6 Å². The number of nitrogens with zero attached hydrogens (tertiary/aromatic N) is 7. The third-order valence-electron chi connectivity index (χ3n) is 12.3. The second-order valence-corrected chi connectivity index (χ2v) is 16.3. The predicted octanol–water partition coefficient (Wildman–Crippen LogP) is 4.44. The average Bonchev–Trinajstić information content (AvgIpc) is 3.62. The normalized spacial score (nSPS) is 23.1. The van der Waals surface area contributed by atoms with Crippen LogP contribution in [0.2, 0.25) is 0 Å². The number of ether oxygens (including phenoxy) is 2. The zero-order valence-electron chi connectivity index (χ0n) is 32.8. The first-order valence-corrected chi connectivity index (χ1v) is 20.4. The Kier molecular flexibility index (Phi) is 10.8. The monoisotopic (exact) mass is 851 g/mol. The van der Waals surface area contributed by atoms with Crippen molar-refractivity contribution in [2.24, 2.45) is 5.92 Å². The van der Waals surface area contributed by atoms with Crippen LogP contribution in [0.25, 0.3) is 11.0 Å². The summed E-state index contributed by atoms with van der Waals surface area (Å²) in [6.07, 6.45) is 0.387. The van der Waals surface area contributed by atoms with Gasteiger partial charge >= 0.3 is 6.18 Å². The highest BCUT2D eigenvalue weighted by molar-refractivity contribution is 6.04. The number of nitrogens with one attached hydrogen (secondary N) is 2. The molecule has 0 unspecified atom stereocenters. The first-order valence-electron chi connectivity index (χ1n) is 20.4. The summed E-state index contributed by atoms with van der Waals surface area (Å²) in [4.78, 5) is 64.3. The Morgan fingerprint density at radius 2 is 1.61 bits per heavy atom. The summed E-state index contributed by atoms with van der Waals surface area (Å²) in [7, 11) is 0. The highest BCUT2D eigenvalue weighted by Gasteiger charge is 2.40. The highest BCUT2D eigenvalue weighted by atomic mass is 19.4. The van der Waals surface area contributed by atoms with Crippen molar-refractivity contribution in [1.82, 2.24) is 34.9 Å². The van der Waals surface area contributed by atoms with Crippen molar-refractivity contribution in [2.75, 3.05) is 62.7 Å². The second kappa shape index (κ2) is 16.3. The quantitative estimate of drug-likeness (QED) is 0.181. The molecule has 1 aliphatic carbocycles. The van der Waals surface area contributed by atoms with E-state index in [1.54, 1.807) is 11.0 Å². The van der Waals surface area contributed by atoms with Gasteiger partial charge in [-0.3, -0.25) is 34.1 Å². The van der Waals surface area contributed by atoms with Crippen LogP contribution in [-0.4, -0.2) is 118 Å². The summed E-state index contributed by atoms with van der Waals surface area (Å²) in [6, 6.07) is 7.54. The summed E-state index contributed by atoms with van der Waals surface area (Å²) in [5.41, 5.74) is -1.08.